The highest BCUT2D eigenvalue weighted by molar-refractivity contribution is 5.79. The van der Waals surface area contributed by atoms with Gasteiger partial charge >= 0.3 is 0 Å². The van der Waals surface area contributed by atoms with Gasteiger partial charge in [0.05, 0.1) is 6.92 Å². The molecule has 1 amide bonds. The molecule has 2 radical (unpaired) electrons. The van der Waals surface area contributed by atoms with Crippen LogP contribution in [0.15, 0.2) is 0 Å². The van der Waals surface area contributed by atoms with Crippen molar-refractivity contribution in [3.8, 4) is 0 Å². The minimum absolute atomic E-state index is 0.461. The van der Waals surface area contributed by atoms with Crippen LogP contribution in [-0.2, 0) is 4.79 Å². The molecule has 34 valence electrons. The Hall–Kier alpha value is -0.530. The molecule has 0 bridgehead atoms. The van der Waals surface area contributed by atoms with E-state index in [1.54, 1.807) is 0 Å². The predicted octanol–water partition coefficient (Wildman–Crippen LogP) is -0.166. The van der Waals surface area contributed by atoms with Crippen molar-refractivity contribution in [1.82, 2.24) is 5.32 Å². The molecule has 0 aromatic heterocycles. The molecule has 2 nitrogen and oxygen atoms in total. The van der Waals surface area contributed by atoms with Gasteiger partial charge in [-0.3, -0.25) is 4.79 Å². The Labute approximate surface area is 37.5 Å². The maximum absolute atomic E-state index is 9.71. The van der Waals surface area contributed by atoms with E-state index in [-0.39, 0.29) is 0 Å². The van der Waals surface area contributed by atoms with Crippen molar-refractivity contribution in [2.24, 2.45) is 0 Å². The highest BCUT2D eigenvalue weighted by Crippen LogP contribution is 1.53. The van der Waals surface area contributed by atoms with Crippen molar-refractivity contribution < 1.29 is 4.79 Å². The zero-order chi connectivity index (χ0) is 4.99. The summed E-state index contributed by atoms with van der Waals surface area (Å²) in [7, 11) is 0. The molecule has 0 aromatic rings. The molecule has 0 saturated heterocycles. The van der Waals surface area contributed by atoms with Crippen molar-refractivity contribution >= 4 is 5.91 Å². The number of hydrogen-bond donors (Lipinski definition) is 1. The molecule has 0 fully saturated rings. The highest BCUT2D eigenvalue weighted by atomic mass is 16.1. The third kappa shape index (κ3) is 3.47. The van der Waals surface area contributed by atoms with Crippen LogP contribution in [0.3, 0.4) is 0 Å². The molecule has 0 atom stereocenters. The van der Waals surface area contributed by atoms with Crippen LogP contribution in [0.4, 0.5) is 0 Å². The lowest BCUT2D eigenvalue weighted by Crippen LogP contribution is -2.18. The van der Waals surface area contributed by atoms with Crippen molar-refractivity contribution in [2.45, 2.75) is 6.92 Å². The van der Waals surface area contributed by atoms with Gasteiger partial charge in [0.2, 0.25) is 5.91 Å². The second-order valence-electron chi connectivity index (χ2n) is 0.895. The number of nitrogens with one attached hydrogen (secondary N) is 1. The molecule has 0 unspecified atom stereocenters. The number of carbonyl (C=O) groups is 1. The first-order valence-corrected chi connectivity index (χ1v) is 1.80. The summed E-state index contributed by atoms with van der Waals surface area (Å²) in [6, 6.07) is 0. The maximum Gasteiger partial charge on any atom is 0.224 e. The number of carbonyl (C=O) groups excluding carboxylic acids is 1. The first-order valence-electron chi connectivity index (χ1n) is 1.80. The molecule has 6 heavy (non-hydrogen) atoms. The summed E-state index contributed by atoms with van der Waals surface area (Å²) in [6.07, 6.45) is 0. The maximum atomic E-state index is 9.71. The van der Waals surface area contributed by atoms with E-state index in [0.717, 1.165) is 0 Å². The third-order valence-electron chi connectivity index (χ3n) is 0.351. The van der Waals surface area contributed by atoms with Crippen LogP contribution in [-0.4, -0.2) is 12.5 Å². The van der Waals surface area contributed by atoms with E-state index in [1.807, 2.05) is 6.92 Å². The Morgan fingerprint density at radius 3 is 2.50 bits per heavy atom. The van der Waals surface area contributed by atoms with E-state index in [1.165, 1.54) is 0 Å². The Balaban J connectivity index is 2.83. The van der Waals surface area contributed by atoms with E-state index in [0.29, 0.717) is 6.54 Å². The molecule has 0 aliphatic carbocycles. The molecule has 1 N–H and O–H groups in total. The zero-order valence-corrected chi connectivity index (χ0v) is 3.69. The highest BCUT2D eigenvalue weighted by Gasteiger charge is 1.79. The normalized spacial score (nSPS) is 7.67. The van der Waals surface area contributed by atoms with Gasteiger partial charge in [0.1, 0.15) is 0 Å². The van der Waals surface area contributed by atoms with E-state index in [2.05, 4.69) is 12.2 Å². The molecule has 2 heteroatoms. The van der Waals surface area contributed by atoms with Crippen LogP contribution in [0, 0.1) is 6.92 Å². The van der Waals surface area contributed by atoms with Gasteiger partial charge in [-0.15, -0.1) is 0 Å². The summed E-state index contributed by atoms with van der Waals surface area (Å²) in [5, 5.41) is 2.35. The van der Waals surface area contributed by atoms with Gasteiger partial charge in [0.15, 0.2) is 0 Å². The third-order valence-corrected chi connectivity index (χ3v) is 0.351. The van der Waals surface area contributed by atoms with Crippen LogP contribution >= 0.6 is 0 Å². The van der Waals surface area contributed by atoms with E-state index in [9.17, 15) is 4.79 Å². The van der Waals surface area contributed by atoms with Gasteiger partial charge < -0.3 is 5.32 Å². The minimum Gasteiger partial charge on any atom is -0.356 e. The predicted molar refractivity (Wildman–Crippen MR) is 23.0 cm³/mol. The average molecular weight is 85.1 g/mol. The number of hydrogen-bond acceptors (Lipinski definition) is 1. The fourth-order valence-electron chi connectivity index (χ4n) is 0.174. The summed E-state index contributed by atoms with van der Waals surface area (Å²) in [4.78, 5) is 9.71. The standard InChI is InChI=1S/C4H7NO/c1-3-5-4(2)6/h2H,3H2,1H3,(H,5,6). The van der Waals surface area contributed by atoms with E-state index >= 15 is 0 Å². The lowest BCUT2D eigenvalue weighted by Gasteiger charge is -1.88. The second-order valence-corrected chi connectivity index (χ2v) is 0.895. The summed E-state index contributed by atoms with van der Waals surface area (Å²) in [5.41, 5.74) is 0. The SMILES string of the molecule is [CH]C(=O)NCC. The Morgan fingerprint density at radius 2 is 2.50 bits per heavy atom. The van der Waals surface area contributed by atoms with Gasteiger partial charge in [-0.1, -0.05) is 0 Å². The van der Waals surface area contributed by atoms with Gasteiger partial charge in [-0.2, -0.15) is 0 Å². The van der Waals surface area contributed by atoms with Gasteiger partial charge in [0.25, 0.3) is 0 Å². The molecule has 0 heterocycles. The lowest BCUT2D eigenvalue weighted by molar-refractivity contribution is -0.116. The quantitative estimate of drug-likeness (QED) is 0.470. The van der Waals surface area contributed by atoms with Crippen LogP contribution in [0.25, 0.3) is 0 Å². The van der Waals surface area contributed by atoms with E-state index in [4.69, 9.17) is 0 Å². The van der Waals surface area contributed by atoms with Crippen LogP contribution in [0.2, 0.25) is 0 Å². The summed E-state index contributed by atoms with van der Waals surface area (Å²) >= 11 is 0. The monoisotopic (exact) mass is 85.1 g/mol. The first-order chi connectivity index (χ1) is 2.77. The summed E-state index contributed by atoms with van der Waals surface area (Å²) in [6.45, 7) is 7.07. The number of amides is 1. The van der Waals surface area contributed by atoms with E-state index < -0.39 is 5.91 Å². The fraction of sp³-hybridized carbons (Fsp3) is 0.500. The zero-order valence-electron chi connectivity index (χ0n) is 3.69. The van der Waals surface area contributed by atoms with Crippen LogP contribution < -0.4 is 5.32 Å². The van der Waals surface area contributed by atoms with Crippen molar-refractivity contribution in [2.75, 3.05) is 6.54 Å². The van der Waals surface area contributed by atoms with Gasteiger partial charge in [0, 0.05) is 6.54 Å². The lowest BCUT2D eigenvalue weighted by atomic mass is 10.6. The van der Waals surface area contributed by atoms with Crippen LogP contribution in [0.1, 0.15) is 6.92 Å². The van der Waals surface area contributed by atoms with Crippen molar-refractivity contribution in [3.63, 3.8) is 0 Å². The molecular formula is C4H7NO. The number of rotatable bonds is 1. The molecule has 0 spiro atoms. The average Bonchev–Trinajstić information content (AvgIpc) is 1.35. The Morgan fingerprint density at radius 1 is 2.00 bits per heavy atom. The smallest absolute Gasteiger partial charge is 0.224 e. The molecule has 0 saturated carbocycles. The largest absolute Gasteiger partial charge is 0.356 e. The van der Waals surface area contributed by atoms with Gasteiger partial charge in [-0.25, -0.2) is 0 Å². The first kappa shape index (κ1) is 5.47. The Bertz CT molecular complexity index is 51.5. The summed E-state index contributed by atoms with van der Waals surface area (Å²) < 4.78 is 0. The Kier molecular flexibility index (Phi) is 2.46. The summed E-state index contributed by atoms with van der Waals surface area (Å²) in [5.74, 6) is -0.461. The second kappa shape index (κ2) is 2.69. The topological polar surface area (TPSA) is 29.1 Å². The molecule has 0 rings (SSSR count). The molecule has 0 aliphatic heterocycles. The van der Waals surface area contributed by atoms with Gasteiger partial charge in [-0.05, 0) is 6.92 Å². The van der Waals surface area contributed by atoms with Crippen molar-refractivity contribution in [3.05, 3.63) is 6.92 Å². The molecule has 0 aliphatic rings. The van der Waals surface area contributed by atoms with Crippen molar-refractivity contribution in [1.29, 1.82) is 0 Å². The minimum atomic E-state index is -0.461. The fourth-order valence-corrected chi connectivity index (χ4v) is 0.174. The molecule has 0 aromatic carbocycles. The molecular weight excluding hydrogens is 78.0 g/mol. The van der Waals surface area contributed by atoms with Crippen LogP contribution in [0.5, 0.6) is 0 Å².